The van der Waals surface area contributed by atoms with E-state index in [2.05, 4.69) is 0 Å². The number of hydrogen-bond acceptors (Lipinski definition) is 6. The lowest BCUT2D eigenvalue weighted by Crippen LogP contribution is -2.55. The molecule has 1 aromatic heterocycles. The third kappa shape index (κ3) is 2.29. The summed E-state index contributed by atoms with van der Waals surface area (Å²) in [6.45, 7) is 3.73. The lowest BCUT2D eigenvalue weighted by molar-refractivity contribution is -0.173. The Morgan fingerprint density at radius 1 is 1.38 bits per heavy atom. The van der Waals surface area contributed by atoms with Gasteiger partial charge >= 0.3 is 5.97 Å². The van der Waals surface area contributed by atoms with E-state index in [9.17, 15) is 19.1 Å². The number of ether oxygens (including phenoxy) is 1. The normalized spacial score (nSPS) is 30.6. The zero-order valence-electron chi connectivity index (χ0n) is 17.9. The van der Waals surface area contributed by atoms with E-state index in [0.717, 1.165) is 22.1 Å². The topological polar surface area (TPSA) is 106 Å². The minimum Gasteiger partial charge on any atom is -0.462 e. The number of carbonyl (C=O) groups is 2. The Labute approximate surface area is 184 Å². The third-order valence-electron chi connectivity index (χ3n) is 7.80. The Morgan fingerprint density at radius 2 is 2.16 bits per heavy atom. The Kier molecular flexibility index (Phi) is 3.94. The van der Waals surface area contributed by atoms with Crippen molar-refractivity contribution in [2.24, 2.45) is 11.7 Å². The molecule has 3 N–H and O–H groups in total. The van der Waals surface area contributed by atoms with E-state index in [-0.39, 0.29) is 30.8 Å². The van der Waals surface area contributed by atoms with Crippen molar-refractivity contribution in [3.63, 3.8) is 0 Å². The van der Waals surface area contributed by atoms with Gasteiger partial charge in [-0.15, -0.1) is 0 Å². The Bertz CT molecular complexity index is 1270. The van der Waals surface area contributed by atoms with Crippen LogP contribution in [0.25, 0.3) is 10.9 Å². The highest BCUT2D eigenvalue weighted by Crippen LogP contribution is 2.49. The second kappa shape index (κ2) is 6.36. The van der Waals surface area contributed by atoms with Crippen molar-refractivity contribution >= 4 is 22.8 Å². The van der Waals surface area contributed by atoms with Crippen LogP contribution in [0, 0.1) is 18.7 Å². The number of nitrogens with zero attached hydrogens (tertiary/aromatic N) is 2. The summed E-state index contributed by atoms with van der Waals surface area (Å²) in [5.41, 5.74) is 9.69. The fourth-order valence-electron chi connectivity index (χ4n) is 5.99. The number of aliphatic hydroxyl groups is 1. The summed E-state index contributed by atoms with van der Waals surface area (Å²) >= 11 is 0. The van der Waals surface area contributed by atoms with Gasteiger partial charge in [-0.3, -0.25) is 4.79 Å². The number of esters is 1. The van der Waals surface area contributed by atoms with Crippen LogP contribution in [-0.4, -0.2) is 39.1 Å². The van der Waals surface area contributed by atoms with Crippen molar-refractivity contribution in [2.45, 2.75) is 57.3 Å². The number of benzene rings is 1. The van der Waals surface area contributed by atoms with E-state index in [1.165, 1.54) is 6.07 Å². The summed E-state index contributed by atoms with van der Waals surface area (Å²) in [6, 6.07) is 0.686. The number of cyclic esters (lactones) is 1. The number of amides is 1. The molecule has 2 unspecified atom stereocenters. The highest BCUT2D eigenvalue weighted by atomic mass is 19.1. The molecule has 3 aliphatic heterocycles. The van der Waals surface area contributed by atoms with Crippen LogP contribution >= 0.6 is 0 Å². The summed E-state index contributed by atoms with van der Waals surface area (Å²) in [6.07, 6.45) is 3.28. The number of aromatic nitrogens is 1. The maximum atomic E-state index is 14.7. The number of nitrogens with two attached hydrogens (primary N) is 1. The number of hydrogen-bond donors (Lipinski definition) is 2. The molecule has 32 heavy (non-hydrogen) atoms. The number of fused-ring (bicyclic) bond motifs is 5. The van der Waals surface area contributed by atoms with Gasteiger partial charge in [0.1, 0.15) is 12.4 Å². The molecule has 8 heteroatoms. The molecule has 7 nitrogen and oxygen atoms in total. The minimum absolute atomic E-state index is 0.0816. The van der Waals surface area contributed by atoms with Gasteiger partial charge in [0.25, 0.3) is 0 Å². The monoisotopic (exact) mass is 437 g/mol. The first-order chi connectivity index (χ1) is 15.3. The number of aryl methyl sites for hydroxylation is 1. The molecule has 2 aromatic rings. The number of rotatable bonds is 1. The first-order valence-corrected chi connectivity index (χ1v) is 11.1. The van der Waals surface area contributed by atoms with E-state index >= 15 is 0 Å². The molecule has 1 saturated heterocycles. The quantitative estimate of drug-likeness (QED) is 0.524. The molecule has 1 fully saturated rings. The largest absolute Gasteiger partial charge is 0.462 e. The molecule has 166 valence electrons. The van der Waals surface area contributed by atoms with E-state index < -0.39 is 23.5 Å². The summed E-state index contributed by atoms with van der Waals surface area (Å²) in [5.74, 6) is -1.94. The fraction of sp³-hybridized carbons (Fsp3) is 0.458. The van der Waals surface area contributed by atoms with Crippen LogP contribution < -0.4 is 5.73 Å². The van der Waals surface area contributed by atoms with E-state index in [0.29, 0.717) is 41.7 Å². The molecule has 4 heterocycles. The lowest BCUT2D eigenvalue weighted by atomic mass is 9.76. The van der Waals surface area contributed by atoms with Crippen LogP contribution in [0.2, 0.25) is 0 Å². The summed E-state index contributed by atoms with van der Waals surface area (Å²) in [7, 11) is 0. The summed E-state index contributed by atoms with van der Waals surface area (Å²) in [5, 5.41) is 12.0. The number of pyridine rings is 1. The molecule has 1 amide bonds. The van der Waals surface area contributed by atoms with Gasteiger partial charge in [-0.05, 0) is 48.4 Å². The first-order valence-electron chi connectivity index (χ1n) is 11.1. The molecule has 0 spiro atoms. The maximum absolute atomic E-state index is 14.7. The van der Waals surface area contributed by atoms with Crippen molar-refractivity contribution in [1.29, 1.82) is 0 Å². The van der Waals surface area contributed by atoms with E-state index in [4.69, 9.17) is 15.5 Å². The molecule has 0 bridgehead atoms. The third-order valence-corrected chi connectivity index (χ3v) is 7.80. The van der Waals surface area contributed by atoms with Gasteiger partial charge in [0.15, 0.2) is 5.60 Å². The summed E-state index contributed by atoms with van der Waals surface area (Å²) < 4.78 is 19.8. The first kappa shape index (κ1) is 19.8. The lowest BCUT2D eigenvalue weighted by Gasteiger charge is -2.42. The average Bonchev–Trinajstić information content (AvgIpc) is 3.14. The average molecular weight is 437 g/mol. The van der Waals surface area contributed by atoms with Gasteiger partial charge in [0.2, 0.25) is 5.91 Å². The highest BCUT2D eigenvalue weighted by Gasteiger charge is 2.54. The molecule has 4 aliphatic rings. The highest BCUT2D eigenvalue weighted by molar-refractivity contribution is 5.94. The molecule has 6 rings (SSSR count). The van der Waals surface area contributed by atoms with Crippen molar-refractivity contribution in [3.05, 3.63) is 51.5 Å². The van der Waals surface area contributed by atoms with Crippen LogP contribution in [0.5, 0.6) is 0 Å². The Hall–Kier alpha value is -2.84. The van der Waals surface area contributed by atoms with Crippen LogP contribution in [0.15, 0.2) is 17.7 Å². The molecule has 0 radical (unpaired) electrons. The Balaban J connectivity index is 1.61. The molecule has 4 atom stereocenters. The van der Waals surface area contributed by atoms with Gasteiger partial charge in [-0.1, -0.05) is 13.0 Å². The van der Waals surface area contributed by atoms with E-state index in [1.807, 2.05) is 0 Å². The van der Waals surface area contributed by atoms with Crippen LogP contribution in [0.1, 0.15) is 59.8 Å². The molecular formula is C24H24FN3O4. The van der Waals surface area contributed by atoms with E-state index in [1.54, 1.807) is 24.8 Å². The second-order valence-electron chi connectivity index (χ2n) is 9.29. The predicted octanol–water partition coefficient (Wildman–Crippen LogP) is 2.27. The SMILES string of the molecule is CC[C@@]1(O)C(=O)OCC2C(=O)N3Cc4c(nc5cc(F)c(C)c6c5c4[C@@H](N)CC6)C3C=C21. The zero-order valence-corrected chi connectivity index (χ0v) is 17.9. The zero-order chi connectivity index (χ0) is 22.5. The molecular weight excluding hydrogens is 413 g/mol. The number of halogens is 1. The van der Waals surface area contributed by atoms with Crippen LogP contribution in [0.3, 0.4) is 0 Å². The van der Waals surface area contributed by atoms with Gasteiger partial charge in [-0.25, -0.2) is 14.2 Å². The van der Waals surface area contributed by atoms with Gasteiger partial charge in [0.05, 0.1) is 23.2 Å². The Morgan fingerprint density at radius 3 is 2.91 bits per heavy atom. The molecule has 0 saturated carbocycles. The van der Waals surface area contributed by atoms with Crippen LogP contribution in [0.4, 0.5) is 4.39 Å². The van der Waals surface area contributed by atoms with Crippen molar-refractivity contribution in [1.82, 2.24) is 9.88 Å². The molecule has 1 aliphatic carbocycles. The minimum atomic E-state index is -1.83. The van der Waals surface area contributed by atoms with Gasteiger partial charge < -0.3 is 20.5 Å². The van der Waals surface area contributed by atoms with Crippen molar-refractivity contribution in [2.75, 3.05) is 6.61 Å². The van der Waals surface area contributed by atoms with Gasteiger partial charge in [0, 0.05) is 29.6 Å². The standard InChI is InChI=1S/C24H24FN3O4/c1-3-24(31)14-6-18-21-12(8-28(18)22(29)13(14)9-32-23(24)30)19-16(26)5-4-11-10(2)15(25)7-17(27-21)20(11)19/h6-7,13,16,18,31H,3-5,8-9,26H2,1-2H3/t13?,16-,18?,24-/m0/s1. The molecule has 1 aromatic carbocycles. The number of carbonyl (C=O) groups excluding carboxylic acids is 2. The van der Waals surface area contributed by atoms with Gasteiger partial charge in [-0.2, -0.15) is 0 Å². The fourth-order valence-corrected chi connectivity index (χ4v) is 5.99. The van der Waals surface area contributed by atoms with Crippen molar-refractivity contribution < 1.29 is 23.8 Å². The second-order valence-corrected chi connectivity index (χ2v) is 9.29. The van der Waals surface area contributed by atoms with Crippen molar-refractivity contribution in [3.8, 4) is 0 Å². The summed E-state index contributed by atoms with van der Waals surface area (Å²) in [4.78, 5) is 32.3. The van der Waals surface area contributed by atoms with Crippen LogP contribution in [-0.2, 0) is 27.3 Å². The smallest absolute Gasteiger partial charge is 0.342 e. The maximum Gasteiger partial charge on any atom is 0.342 e. The predicted molar refractivity (Wildman–Crippen MR) is 113 cm³/mol.